The van der Waals surface area contributed by atoms with Crippen LogP contribution in [-0.2, 0) is 0 Å². The lowest BCUT2D eigenvalue weighted by molar-refractivity contribution is 0.0950. The van der Waals surface area contributed by atoms with Crippen molar-refractivity contribution in [2.24, 2.45) is 5.92 Å². The highest BCUT2D eigenvalue weighted by molar-refractivity contribution is 6.06. The van der Waals surface area contributed by atoms with Gasteiger partial charge >= 0.3 is 0 Å². The van der Waals surface area contributed by atoms with Gasteiger partial charge in [-0.05, 0) is 38.0 Å². The average molecular weight is 322 g/mol. The summed E-state index contributed by atoms with van der Waals surface area (Å²) in [5, 5.41) is 8.41. The summed E-state index contributed by atoms with van der Waals surface area (Å²) in [6.07, 6.45) is 0. The van der Waals surface area contributed by atoms with Gasteiger partial charge in [-0.3, -0.25) is 4.79 Å². The van der Waals surface area contributed by atoms with Gasteiger partial charge in [0.15, 0.2) is 5.65 Å². The number of benzene rings is 1. The molecule has 0 aliphatic carbocycles. The SMILES string of the molecule is Cc1cc(C(=O)NCC(C)C)c2c(C)nn(-c3ccccc3)c2n1. The summed E-state index contributed by atoms with van der Waals surface area (Å²) in [5.74, 6) is 0.329. The molecule has 0 fully saturated rings. The highest BCUT2D eigenvalue weighted by atomic mass is 16.1. The zero-order valence-corrected chi connectivity index (χ0v) is 14.5. The molecule has 5 nitrogen and oxygen atoms in total. The van der Waals surface area contributed by atoms with Gasteiger partial charge in [-0.1, -0.05) is 32.0 Å². The van der Waals surface area contributed by atoms with Crippen LogP contribution in [0.15, 0.2) is 36.4 Å². The van der Waals surface area contributed by atoms with Gasteiger partial charge in [0.05, 0.1) is 22.3 Å². The molecule has 24 heavy (non-hydrogen) atoms. The molecular weight excluding hydrogens is 300 g/mol. The van der Waals surface area contributed by atoms with Crippen molar-refractivity contribution in [3.8, 4) is 5.69 Å². The molecule has 0 aliphatic rings. The molecule has 3 aromatic rings. The third kappa shape index (κ3) is 3.02. The molecule has 0 spiro atoms. The van der Waals surface area contributed by atoms with Crippen LogP contribution in [0.5, 0.6) is 0 Å². The third-order valence-electron chi connectivity index (χ3n) is 3.86. The van der Waals surface area contributed by atoms with Gasteiger partial charge in [0.25, 0.3) is 5.91 Å². The fourth-order valence-corrected chi connectivity index (χ4v) is 2.73. The van der Waals surface area contributed by atoms with E-state index in [1.54, 1.807) is 4.68 Å². The zero-order chi connectivity index (χ0) is 17.3. The molecule has 2 heterocycles. The summed E-state index contributed by atoms with van der Waals surface area (Å²) >= 11 is 0. The van der Waals surface area contributed by atoms with Crippen molar-refractivity contribution in [3.05, 3.63) is 53.3 Å². The van der Waals surface area contributed by atoms with Crippen LogP contribution >= 0.6 is 0 Å². The normalized spacial score (nSPS) is 11.2. The number of nitrogens with zero attached hydrogens (tertiary/aromatic N) is 3. The fraction of sp³-hybridized carbons (Fsp3) is 0.316. The van der Waals surface area contributed by atoms with Crippen LogP contribution in [0.4, 0.5) is 0 Å². The number of para-hydroxylation sites is 1. The van der Waals surface area contributed by atoms with Gasteiger partial charge in [0, 0.05) is 12.2 Å². The molecule has 0 saturated heterocycles. The Morgan fingerprint density at radius 3 is 2.58 bits per heavy atom. The summed E-state index contributed by atoms with van der Waals surface area (Å²) in [7, 11) is 0. The van der Waals surface area contributed by atoms with Crippen LogP contribution in [0.1, 0.15) is 35.6 Å². The number of hydrogen-bond donors (Lipinski definition) is 1. The van der Waals surface area contributed by atoms with Gasteiger partial charge in [-0.2, -0.15) is 5.10 Å². The van der Waals surface area contributed by atoms with E-state index in [1.807, 2.05) is 50.2 Å². The number of nitrogens with one attached hydrogen (secondary N) is 1. The van der Waals surface area contributed by atoms with Gasteiger partial charge in [0.1, 0.15) is 0 Å². The number of aromatic nitrogens is 3. The monoisotopic (exact) mass is 322 g/mol. The first-order chi connectivity index (χ1) is 11.5. The first-order valence-corrected chi connectivity index (χ1v) is 8.18. The van der Waals surface area contributed by atoms with Crippen LogP contribution in [0.25, 0.3) is 16.7 Å². The summed E-state index contributed by atoms with van der Waals surface area (Å²) in [4.78, 5) is 17.3. The Morgan fingerprint density at radius 2 is 1.92 bits per heavy atom. The molecular formula is C19H22N4O. The minimum Gasteiger partial charge on any atom is -0.352 e. The molecule has 0 aliphatic heterocycles. The van der Waals surface area contributed by atoms with E-state index in [-0.39, 0.29) is 5.91 Å². The molecule has 0 atom stereocenters. The lowest BCUT2D eigenvalue weighted by atomic mass is 10.1. The maximum absolute atomic E-state index is 12.6. The number of hydrogen-bond acceptors (Lipinski definition) is 3. The number of fused-ring (bicyclic) bond motifs is 1. The molecule has 1 amide bonds. The molecule has 1 N–H and O–H groups in total. The lowest BCUT2D eigenvalue weighted by Gasteiger charge is -2.10. The van der Waals surface area contributed by atoms with Crippen LogP contribution < -0.4 is 5.32 Å². The molecule has 0 radical (unpaired) electrons. The van der Waals surface area contributed by atoms with Crippen molar-refractivity contribution < 1.29 is 4.79 Å². The summed E-state index contributed by atoms with van der Waals surface area (Å²) < 4.78 is 1.80. The number of rotatable bonds is 4. The highest BCUT2D eigenvalue weighted by Crippen LogP contribution is 2.24. The highest BCUT2D eigenvalue weighted by Gasteiger charge is 2.19. The number of carbonyl (C=O) groups excluding carboxylic acids is 1. The van der Waals surface area contributed by atoms with E-state index in [1.165, 1.54) is 0 Å². The smallest absolute Gasteiger partial charge is 0.252 e. The number of amides is 1. The first kappa shape index (κ1) is 16.2. The molecule has 0 unspecified atom stereocenters. The zero-order valence-electron chi connectivity index (χ0n) is 14.5. The average Bonchev–Trinajstić information content (AvgIpc) is 2.89. The summed E-state index contributed by atoms with van der Waals surface area (Å²) in [6, 6.07) is 11.7. The van der Waals surface area contributed by atoms with E-state index < -0.39 is 0 Å². The minimum absolute atomic E-state index is 0.0742. The van der Waals surface area contributed by atoms with Crippen LogP contribution in [0, 0.1) is 19.8 Å². The van der Waals surface area contributed by atoms with Gasteiger partial charge in [0.2, 0.25) is 0 Å². The number of aryl methyl sites for hydroxylation is 2. The second-order valence-corrected chi connectivity index (χ2v) is 6.45. The molecule has 1 aromatic carbocycles. The van der Waals surface area contributed by atoms with Crippen molar-refractivity contribution in [1.29, 1.82) is 0 Å². The summed E-state index contributed by atoms with van der Waals surface area (Å²) in [5.41, 5.74) is 3.89. The maximum atomic E-state index is 12.6. The third-order valence-corrected chi connectivity index (χ3v) is 3.86. The Morgan fingerprint density at radius 1 is 1.21 bits per heavy atom. The molecule has 0 saturated carbocycles. The van der Waals surface area contributed by atoms with Gasteiger partial charge < -0.3 is 5.32 Å². The Balaban J connectivity index is 2.15. The van der Waals surface area contributed by atoms with E-state index >= 15 is 0 Å². The van der Waals surface area contributed by atoms with Crippen molar-refractivity contribution in [1.82, 2.24) is 20.1 Å². The Labute approximate surface area is 141 Å². The van der Waals surface area contributed by atoms with E-state index in [2.05, 4.69) is 29.2 Å². The second-order valence-electron chi connectivity index (χ2n) is 6.45. The lowest BCUT2D eigenvalue weighted by Crippen LogP contribution is -2.27. The maximum Gasteiger partial charge on any atom is 0.252 e. The Kier molecular flexibility index (Phi) is 4.34. The Hall–Kier alpha value is -2.69. The van der Waals surface area contributed by atoms with Crippen LogP contribution in [-0.4, -0.2) is 27.2 Å². The number of carbonyl (C=O) groups is 1. The predicted octanol–water partition coefficient (Wildman–Crippen LogP) is 3.42. The van der Waals surface area contributed by atoms with E-state index in [0.717, 1.165) is 22.5 Å². The largest absolute Gasteiger partial charge is 0.352 e. The number of pyridine rings is 1. The first-order valence-electron chi connectivity index (χ1n) is 8.18. The summed E-state index contributed by atoms with van der Waals surface area (Å²) in [6.45, 7) is 8.61. The van der Waals surface area contributed by atoms with E-state index in [4.69, 9.17) is 0 Å². The van der Waals surface area contributed by atoms with Crippen LogP contribution in [0.2, 0.25) is 0 Å². The van der Waals surface area contributed by atoms with Crippen molar-refractivity contribution in [2.75, 3.05) is 6.54 Å². The molecule has 5 heteroatoms. The Bertz CT molecular complexity index is 881. The van der Waals surface area contributed by atoms with Gasteiger partial charge in [-0.25, -0.2) is 9.67 Å². The van der Waals surface area contributed by atoms with Crippen molar-refractivity contribution in [2.45, 2.75) is 27.7 Å². The molecule has 124 valence electrons. The van der Waals surface area contributed by atoms with Crippen molar-refractivity contribution >= 4 is 16.9 Å². The van der Waals surface area contributed by atoms with Crippen molar-refractivity contribution in [3.63, 3.8) is 0 Å². The topological polar surface area (TPSA) is 59.8 Å². The molecule has 2 aromatic heterocycles. The van der Waals surface area contributed by atoms with E-state index in [9.17, 15) is 4.79 Å². The second kappa shape index (κ2) is 6.43. The standard InChI is InChI=1S/C19H22N4O/c1-12(2)11-20-19(24)16-10-13(3)21-18-17(16)14(4)22-23(18)15-8-6-5-7-9-15/h5-10,12H,11H2,1-4H3,(H,20,24). The van der Waals surface area contributed by atoms with Crippen LogP contribution in [0.3, 0.4) is 0 Å². The fourth-order valence-electron chi connectivity index (χ4n) is 2.73. The molecule has 3 rings (SSSR count). The van der Waals surface area contributed by atoms with Gasteiger partial charge in [-0.15, -0.1) is 0 Å². The molecule has 0 bridgehead atoms. The predicted molar refractivity (Wildman–Crippen MR) is 95.5 cm³/mol. The quantitative estimate of drug-likeness (QED) is 0.800. The van der Waals surface area contributed by atoms with E-state index in [0.29, 0.717) is 23.7 Å². The minimum atomic E-state index is -0.0742.